The summed E-state index contributed by atoms with van der Waals surface area (Å²) in [7, 11) is 0. The molecule has 1 N–H and O–H groups in total. The number of carbonyl (C=O) groups excluding carboxylic acids is 1. The minimum absolute atomic E-state index is 0.0678. The Morgan fingerprint density at radius 1 is 1.29 bits per heavy atom. The molecule has 0 saturated heterocycles. The molecule has 0 bridgehead atoms. The van der Waals surface area contributed by atoms with Crippen molar-refractivity contribution in [3.8, 4) is 11.5 Å². The lowest BCUT2D eigenvalue weighted by molar-refractivity contribution is -0.121. The molecule has 0 spiro atoms. The van der Waals surface area contributed by atoms with E-state index in [-0.39, 0.29) is 18.2 Å². The van der Waals surface area contributed by atoms with Crippen molar-refractivity contribution in [2.75, 3.05) is 11.9 Å². The van der Waals surface area contributed by atoms with Crippen LogP contribution < -0.4 is 5.32 Å². The standard InChI is InChI=1S/C16H12ClFN2O4/c17-12-6-10(3-4-13(12)18)19-16(21)9-22-8-11-7-15(24-20-11)14-2-1-5-23-14/h1-7H,8-9H2,(H,19,21). The van der Waals surface area contributed by atoms with E-state index in [9.17, 15) is 9.18 Å². The molecule has 0 unspecified atom stereocenters. The Morgan fingerprint density at radius 3 is 2.92 bits per heavy atom. The van der Waals surface area contributed by atoms with Crippen molar-refractivity contribution in [1.82, 2.24) is 5.16 Å². The monoisotopic (exact) mass is 350 g/mol. The number of amides is 1. The lowest BCUT2D eigenvalue weighted by atomic mass is 10.3. The first-order valence-electron chi connectivity index (χ1n) is 6.94. The van der Waals surface area contributed by atoms with Crippen LogP contribution in [0.4, 0.5) is 10.1 Å². The number of halogens is 2. The fraction of sp³-hybridized carbons (Fsp3) is 0.125. The van der Waals surface area contributed by atoms with Gasteiger partial charge in [0.25, 0.3) is 0 Å². The van der Waals surface area contributed by atoms with Crippen LogP contribution >= 0.6 is 11.6 Å². The van der Waals surface area contributed by atoms with Crippen molar-refractivity contribution >= 4 is 23.2 Å². The number of nitrogens with zero attached hydrogens (tertiary/aromatic N) is 1. The highest BCUT2D eigenvalue weighted by atomic mass is 35.5. The summed E-state index contributed by atoms with van der Waals surface area (Å²) in [5.41, 5.74) is 0.913. The Hall–Kier alpha value is -2.64. The summed E-state index contributed by atoms with van der Waals surface area (Å²) in [6, 6.07) is 9.04. The van der Waals surface area contributed by atoms with E-state index in [0.717, 1.165) is 0 Å². The topological polar surface area (TPSA) is 77.5 Å². The SMILES string of the molecule is O=C(COCc1cc(-c2ccco2)on1)Nc1ccc(F)c(Cl)c1. The average Bonchev–Trinajstić information content (AvgIpc) is 3.22. The Balaban J connectivity index is 1.47. The van der Waals surface area contributed by atoms with E-state index >= 15 is 0 Å². The molecule has 124 valence electrons. The smallest absolute Gasteiger partial charge is 0.250 e. The Kier molecular flexibility index (Phi) is 4.93. The summed E-state index contributed by atoms with van der Waals surface area (Å²) in [5.74, 6) is 0.0837. The van der Waals surface area contributed by atoms with Gasteiger partial charge < -0.3 is 19.0 Å². The number of benzene rings is 1. The second kappa shape index (κ2) is 7.29. The van der Waals surface area contributed by atoms with Crippen LogP contribution in [0.3, 0.4) is 0 Å². The van der Waals surface area contributed by atoms with Crippen LogP contribution in [0.15, 0.2) is 51.6 Å². The average molecular weight is 351 g/mol. The van der Waals surface area contributed by atoms with Gasteiger partial charge >= 0.3 is 0 Å². The molecule has 0 aliphatic heterocycles. The summed E-state index contributed by atoms with van der Waals surface area (Å²) >= 11 is 5.64. The van der Waals surface area contributed by atoms with Crippen LogP contribution in [0.25, 0.3) is 11.5 Å². The minimum Gasteiger partial charge on any atom is -0.461 e. The molecule has 3 rings (SSSR count). The van der Waals surface area contributed by atoms with Gasteiger partial charge in [-0.05, 0) is 30.3 Å². The largest absolute Gasteiger partial charge is 0.461 e. The van der Waals surface area contributed by atoms with Gasteiger partial charge in [-0.2, -0.15) is 0 Å². The van der Waals surface area contributed by atoms with E-state index in [1.165, 1.54) is 24.5 Å². The summed E-state index contributed by atoms with van der Waals surface area (Å²) < 4.78 is 28.6. The molecule has 0 aliphatic carbocycles. The number of rotatable bonds is 6. The Labute approximate surface area is 141 Å². The normalized spacial score (nSPS) is 10.8. The number of ether oxygens (including phenoxy) is 1. The number of nitrogens with one attached hydrogen (secondary N) is 1. The van der Waals surface area contributed by atoms with Crippen molar-refractivity contribution in [2.24, 2.45) is 0 Å². The predicted molar refractivity (Wildman–Crippen MR) is 83.9 cm³/mol. The van der Waals surface area contributed by atoms with E-state index in [2.05, 4.69) is 10.5 Å². The zero-order valence-electron chi connectivity index (χ0n) is 12.3. The zero-order valence-corrected chi connectivity index (χ0v) is 13.0. The molecule has 2 heterocycles. The zero-order chi connectivity index (χ0) is 16.9. The summed E-state index contributed by atoms with van der Waals surface area (Å²) in [5, 5.41) is 6.31. The fourth-order valence-electron chi connectivity index (χ4n) is 1.93. The van der Waals surface area contributed by atoms with Crippen molar-refractivity contribution in [3.05, 3.63) is 59.2 Å². The molecule has 0 atom stereocenters. The van der Waals surface area contributed by atoms with Crippen LogP contribution in [0.5, 0.6) is 0 Å². The van der Waals surface area contributed by atoms with Gasteiger partial charge in [0.2, 0.25) is 11.7 Å². The first-order valence-corrected chi connectivity index (χ1v) is 7.32. The molecule has 3 aromatic rings. The third kappa shape index (κ3) is 4.01. The van der Waals surface area contributed by atoms with Crippen molar-refractivity contribution < 1.29 is 22.9 Å². The number of hydrogen-bond acceptors (Lipinski definition) is 5. The third-order valence-corrected chi connectivity index (χ3v) is 3.30. The van der Waals surface area contributed by atoms with E-state index in [1.807, 2.05) is 0 Å². The van der Waals surface area contributed by atoms with Crippen molar-refractivity contribution in [2.45, 2.75) is 6.61 Å². The summed E-state index contributed by atoms with van der Waals surface area (Å²) in [6.45, 7) is -0.0975. The number of anilines is 1. The van der Waals surface area contributed by atoms with E-state index in [0.29, 0.717) is 22.9 Å². The summed E-state index contributed by atoms with van der Waals surface area (Å²) in [4.78, 5) is 11.8. The lowest BCUT2D eigenvalue weighted by Gasteiger charge is -2.06. The fourth-order valence-corrected chi connectivity index (χ4v) is 2.11. The Morgan fingerprint density at radius 2 is 2.17 bits per heavy atom. The highest BCUT2D eigenvalue weighted by Crippen LogP contribution is 2.21. The Bertz CT molecular complexity index is 832. The molecule has 8 heteroatoms. The number of furan rings is 1. The maximum absolute atomic E-state index is 13.0. The second-order valence-electron chi connectivity index (χ2n) is 4.83. The molecule has 1 amide bonds. The van der Waals surface area contributed by atoms with Gasteiger partial charge in [-0.1, -0.05) is 16.8 Å². The second-order valence-corrected chi connectivity index (χ2v) is 5.24. The molecule has 0 aliphatic rings. The van der Waals surface area contributed by atoms with Gasteiger partial charge in [-0.3, -0.25) is 4.79 Å². The van der Waals surface area contributed by atoms with Crippen LogP contribution in [0.1, 0.15) is 5.69 Å². The van der Waals surface area contributed by atoms with Gasteiger partial charge in [-0.25, -0.2) is 4.39 Å². The number of carbonyl (C=O) groups is 1. The molecule has 2 aromatic heterocycles. The maximum Gasteiger partial charge on any atom is 0.250 e. The quantitative estimate of drug-likeness (QED) is 0.730. The molecular weight excluding hydrogens is 339 g/mol. The van der Waals surface area contributed by atoms with Gasteiger partial charge in [0, 0.05) is 11.8 Å². The van der Waals surface area contributed by atoms with E-state index in [1.54, 1.807) is 18.2 Å². The maximum atomic E-state index is 13.0. The van der Waals surface area contributed by atoms with Crippen LogP contribution in [0, 0.1) is 5.82 Å². The molecule has 1 aromatic carbocycles. The number of hydrogen-bond donors (Lipinski definition) is 1. The number of aromatic nitrogens is 1. The van der Waals surface area contributed by atoms with Gasteiger partial charge in [0.05, 0.1) is 17.9 Å². The van der Waals surface area contributed by atoms with Gasteiger partial charge in [0.15, 0.2) is 5.76 Å². The highest BCUT2D eigenvalue weighted by molar-refractivity contribution is 6.31. The minimum atomic E-state index is -0.552. The van der Waals surface area contributed by atoms with Crippen LogP contribution in [-0.2, 0) is 16.1 Å². The molecule has 0 radical (unpaired) electrons. The van der Waals surface area contributed by atoms with Crippen molar-refractivity contribution in [1.29, 1.82) is 0 Å². The molecule has 6 nitrogen and oxygen atoms in total. The van der Waals surface area contributed by atoms with Gasteiger partial charge in [0.1, 0.15) is 18.1 Å². The summed E-state index contributed by atoms with van der Waals surface area (Å²) in [6.07, 6.45) is 1.53. The molecular formula is C16H12ClFN2O4. The van der Waals surface area contributed by atoms with Crippen LogP contribution in [0.2, 0.25) is 5.02 Å². The highest BCUT2D eigenvalue weighted by Gasteiger charge is 2.10. The predicted octanol–water partition coefficient (Wildman–Crippen LogP) is 3.88. The first kappa shape index (κ1) is 16.2. The molecule has 0 saturated carbocycles. The molecule has 0 fully saturated rings. The van der Waals surface area contributed by atoms with Gasteiger partial charge in [-0.15, -0.1) is 0 Å². The van der Waals surface area contributed by atoms with E-state index in [4.69, 9.17) is 25.3 Å². The molecule has 24 heavy (non-hydrogen) atoms. The lowest BCUT2D eigenvalue weighted by Crippen LogP contribution is -2.18. The third-order valence-electron chi connectivity index (χ3n) is 3.01. The van der Waals surface area contributed by atoms with Crippen LogP contribution in [-0.4, -0.2) is 17.7 Å². The van der Waals surface area contributed by atoms with E-state index < -0.39 is 11.7 Å². The van der Waals surface area contributed by atoms with Crippen molar-refractivity contribution in [3.63, 3.8) is 0 Å². The first-order chi connectivity index (χ1) is 11.6.